The fraction of sp³-hybridized carbons (Fsp3) is 0.188. The van der Waals surface area contributed by atoms with E-state index in [0.29, 0.717) is 0 Å². The van der Waals surface area contributed by atoms with Gasteiger partial charge in [0.05, 0.1) is 17.5 Å². The summed E-state index contributed by atoms with van der Waals surface area (Å²) in [5.41, 5.74) is -0.694. The number of nitrogens with zero attached hydrogens (tertiary/aromatic N) is 1. The molecule has 26 heavy (non-hydrogen) atoms. The Kier molecular flexibility index (Phi) is 6.17. The lowest BCUT2D eigenvalue weighted by Gasteiger charge is -2.22. The highest BCUT2D eigenvalue weighted by atomic mass is 127. The Morgan fingerprint density at radius 1 is 1.15 bits per heavy atom. The first kappa shape index (κ1) is 20.5. The molecule has 10 heteroatoms. The van der Waals surface area contributed by atoms with Crippen LogP contribution >= 0.6 is 22.6 Å². The predicted octanol–water partition coefficient (Wildman–Crippen LogP) is 3.71. The van der Waals surface area contributed by atoms with Gasteiger partial charge in [0.15, 0.2) is 0 Å². The molecule has 5 nitrogen and oxygen atoms in total. The number of hydrogen-bond acceptors (Lipinski definition) is 3. The van der Waals surface area contributed by atoms with Crippen LogP contribution < -0.4 is 9.62 Å². The minimum Gasteiger partial charge on any atom is -0.325 e. The van der Waals surface area contributed by atoms with Crippen molar-refractivity contribution in [3.63, 3.8) is 0 Å². The number of sulfonamides is 1. The number of nitrogens with one attached hydrogen (secondary N) is 1. The SMILES string of the molecule is CS(=O)(=O)N(CC(=O)Nc1cccc(C(F)(F)F)c1)c1ccc(I)cc1. The molecule has 0 bridgehead atoms. The number of carbonyl (C=O) groups excluding carboxylic acids is 1. The molecule has 2 aromatic carbocycles. The molecule has 0 aromatic heterocycles. The van der Waals surface area contributed by atoms with Crippen LogP contribution in [-0.2, 0) is 21.0 Å². The first-order valence-corrected chi connectivity index (χ1v) is 10.1. The van der Waals surface area contributed by atoms with E-state index in [1.54, 1.807) is 24.3 Å². The summed E-state index contributed by atoms with van der Waals surface area (Å²) < 4.78 is 63.9. The number of anilines is 2. The Morgan fingerprint density at radius 2 is 1.77 bits per heavy atom. The predicted molar refractivity (Wildman–Crippen MR) is 101 cm³/mol. The Labute approximate surface area is 162 Å². The molecule has 0 aliphatic carbocycles. The lowest BCUT2D eigenvalue weighted by atomic mass is 10.2. The molecule has 0 saturated heterocycles. The highest BCUT2D eigenvalue weighted by Crippen LogP contribution is 2.30. The van der Waals surface area contributed by atoms with Gasteiger partial charge < -0.3 is 5.32 Å². The van der Waals surface area contributed by atoms with Crippen LogP contribution in [0, 0.1) is 3.57 Å². The minimum atomic E-state index is -4.54. The van der Waals surface area contributed by atoms with Crippen molar-refractivity contribution in [1.82, 2.24) is 0 Å². The van der Waals surface area contributed by atoms with Crippen molar-refractivity contribution >= 4 is 49.9 Å². The molecular weight excluding hydrogens is 484 g/mol. The second-order valence-electron chi connectivity index (χ2n) is 5.37. The summed E-state index contributed by atoms with van der Waals surface area (Å²) in [5, 5.41) is 2.29. The fourth-order valence-electron chi connectivity index (χ4n) is 2.11. The topological polar surface area (TPSA) is 66.5 Å². The maximum atomic E-state index is 12.7. The van der Waals surface area contributed by atoms with E-state index < -0.39 is 34.2 Å². The van der Waals surface area contributed by atoms with Crippen molar-refractivity contribution in [3.8, 4) is 0 Å². The molecule has 0 aliphatic heterocycles. The third-order valence-electron chi connectivity index (χ3n) is 3.28. The van der Waals surface area contributed by atoms with Crippen molar-refractivity contribution in [3.05, 3.63) is 57.7 Å². The minimum absolute atomic E-state index is 0.0686. The second kappa shape index (κ2) is 7.82. The Bertz CT molecular complexity index is 900. The molecule has 140 valence electrons. The molecule has 0 radical (unpaired) electrons. The van der Waals surface area contributed by atoms with Crippen LogP contribution in [-0.4, -0.2) is 27.1 Å². The van der Waals surface area contributed by atoms with E-state index >= 15 is 0 Å². The number of amides is 1. The summed E-state index contributed by atoms with van der Waals surface area (Å²) >= 11 is 2.05. The zero-order chi connectivity index (χ0) is 19.5. The van der Waals surface area contributed by atoms with E-state index in [9.17, 15) is 26.4 Å². The Morgan fingerprint density at radius 3 is 2.31 bits per heavy atom. The van der Waals surface area contributed by atoms with Crippen molar-refractivity contribution < 1.29 is 26.4 Å². The average Bonchev–Trinajstić information content (AvgIpc) is 2.52. The molecule has 0 fully saturated rings. The van der Waals surface area contributed by atoms with E-state index in [0.717, 1.165) is 32.3 Å². The lowest BCUT2D eigenvalue weighted by molar-refractivity contribution is -0.137. The van der Waals surface area contributed by atoms with Crippen LogP contribution in [0.5, 0.6) is 0 Å². The van der Waals surface area contributed by atoms with Gasteiger partial charge >= 0.3 is 6.18 Å². The van der Waals surface area contributed by atoms with Crippen LogP contribution in [0.15, 0.2) is 48.5 Å². The van der Waals surface area contributed by atoms with Crippen LogP contribution in [0.25, 0.3) is 0 Å². The molecule has 0 spiro atoms. The van der Waals surface area contributed by atoms with Crippen LogP contribution in [0.2, 0.25) is 0 Å². The van der Waals surface area contributed by atoms with Gasteiger partial charge in [-0.05, 0) is 65.1 Å². The highest BCUT2D eigenvalue weighted by Gasteiger charge is 2.30. The van der Waals surface area contributed by atoms with Crippen LogP contribution in [0.3, 0.4) is 0 Å². The lowest BCUT2D eigenvalue weighted by Crippen LogP contribution is -2.37. The zero-order valence-electron chi connectivity index (χ0n) is 13.4. The largest absolute Gasteiger partial charge is 0.416 e. The maximum Gasteiger partial charge on any atom is 0.416 e. The van der Waals surface area contributed by atoms with Crippen molar-refractivity contribution in [2.75, 3.05) is 22.4 Å². The van der Waals surface area contributed by atoms with Gasteiger partial charge in [-0.15, -0.1) is 0 Å². The van der Waals surface area contributed by atoms with E-state index in [4.69, 9.17) is 0 Å². The second-order valence-corrected chi connectivity index (χ2v) is 8.53. The third-order valence-corrected chi connectivity index (χ3v) is 5.14. The first-order chi connectivity index (χ1) is 12.0. The molecule has 2 rings (SSSR count). The number of hydrogen-bond donors (Lipinski definition) is 1. The molecular formula is C16H14F3IN2O3S. The summed E-state index contributed by atoms with van der Waals surface area (Å²) in [6.07, 6.45) is -3.59. The highest BCUT2D eigenvalue weighted by molar-refractivity contribution is 14.1. The molecule has 0 atom stereocenters. The van der Waals surface area contributed by atoms with Crippen molar-refractivity contribution in [2.45, 2.75) is 6.18 Å². The van der Waals surface area contributed by atoms with Gasteiger partial charge in [-0.1, -0.05) is 6.07 Å². The molecule has 0 aliphatic rings. The standard InChI is InChI=1S/C16H14F3IN2O3S/c1-26(24,25)22(14-7-5-12(20)6-8-14)10-15(23)21-13-4-2-3-11(9-13)16(17,18)19/h2-9H,10H2,1H3,(H,21,23). The summed E-state index contributed by atoms with van der Waals surface area (Å²) in [6, 6.07) is 10.6. The summed E-state index contributed by atoms with van der Waals surface area (Å²) in [7, 11) is -3.76. The molecule has 1 amide bonds. The molecule has 0 saturated carbocycles. The van der Waals surface area contributed by atoms with E-state index in [-0.39, 0.29) is 11.4 Å². The number of rotatable bonds is 5. The Balaban J connectivity index is 2.19. The molecule has 0 heterocycles. The van der Waals surface area contributed by atoms with E-state index in [1.807, 2.05) is 0 Å². The fourth-order valence-corrected chi connectivity index (χ4v) is 3.33. The van der Waals surface area contributed by atoms with Crippen molar-refractivity contribution in [2.24, 2.45) is 0 Å². The maximum absolute atomic E-state index is 12.7. The number of alkyl halides is 3. The summed E-state index contributed by atoms with van der Waals surface area (Å²) in [4.78, 5) is 12.2. The Hall–Kier alpha value is -1.82. The summed E-state index contributed by atoms with van der Waals surface area (Å²) in [6.45, 7) is -0.560. The van der Waals surface area contributed by atoms with Crippen LogP contribution in [0.1, 0.15) is 5.56 Å². The zero-order valence-corrected chi connectivity index (χ0v) is 16.4. The number of benzene rings is 2. The normalized spacial score (nSPS) is 11.9. The number of halogens is 4. The van der Waals surface area contributed by atoms with Gasteiger partial charge in [0.25, 0.3) is 0 Å². The monoisotopic (exact) mass is 498 g/mol. The van der Waals surface area contributed by atoms with Gasteiger partial charge in [0.1, 0.15) is 6.54 Å². The average molecular weight is 498 g/mol. The molecule has 2 aromatic rings. The van der Waals surface area contributed by atoms with Gasteiger partial charge in [0.2, 0.25) is 15.9 Å². The van der Waals surface area contributed by atoms with Crippen molar-refractivity contribution in [1.29, 1.82) is 0 Å². The number of carbonyl (C=O) groups is 1. The summed E-state index contributed by atoms with van der Waals surface area (Å²) in [5.74, 6) is -0.756. The smallest absolute Gasteiger partial charge is 0.325 e. The van der Waals surface area contributed by atoms with Gasteiger partial charge in [-0.2, -0.15) is 13.2 Å². The van der Waals surface area contributed by atoms with E-state index in [1.165, 1.54) is 6.07 Å². The molecule has 1 N–H and O–H groups in total. The van der Waals surface area contributed by atoms with Gasteiger partial charge in [-0.3, -0.25) is 9.10 Å². The first-order valence-electron chi connectivity index (χ1n) is 7.17. The van der Waals surface area contributed by atoms with Gasteiger partial charge in [-0.25, -0.2) is 8.42 Å². The van der Waals surface area contributed by atoms with E-state index in [2.05, 4.69) is 27.9 Å². The van der Waals surface area contributed by atoms with Crippen LogP contribution in [0.4, 0.5) is 24.5 Å². The quantitative estimate of drug-likeness (QED) is 0.640. The molecule has 0 unspecified atom stereocenters. The third kappa shape index (κ3) is 5.59. The van der Waals surface area contributed by atoms with Gasteiger partial charge in [0, 0.05) is 9.26 Å².